The molecule has 0 saturated heterocycles. The van der Waals surface area contributed by atoms with Crippen molar-refractivity contribution in [3.05, 3.63) is 35.4 Å². The van der Waals surface area contributed by atoms with Crippen LogP contribution >= 0.6 is 0 Å². The molecule has 86 valence electrons. The molecule has 0 heterocycles. The van der Waals surface area contributed by atoms with Gasteiger partial charge in [0.05, 0.1) is 6.54 Å². The molecule has 2 rings (SSSR count). The molecule has 0 bridgehead atoms. The molecule has 1 unspecified atom stereocenters. The van der Waals surface area contributed by atoms with Crippen LogP contribution in [-0.4, -0.2) is 25.5 Å². The van der Waals surface area contributed by atoms with Crippen molar-refractivity contribution in [1.82, 2.24) is 10.6 Å². The molecule has 0 saturated carbocycles. The van der Waals surface area contributed by atoms with Gasteiger partial charge in [-0.3, -0.25) is 4.79 Å². The molecule has 16 heavy (non-hydrogen) atoms. The highest BCUT2D eigenvalue weighted by atomic mass is 16.1. The fourth-order valence-electron chi connectivity index (χ4n) is 2.26. The molecule has 0 radical (unpaired) electrons. The van der Waals surface area contributed by atoms with Crippen LogP contribution in [0.3, 0.4) is 0 Å². The van der Waals surface area contributed by atoms with Gasteiger partial charge in [0.15, 0.2) is 0 Å². The molecule has 1 aliphatic rings. The number of carbonyl (C=O) groups excluding carboxylic acids is 1. The summed E-state index contributed by atoms with van der Waals surface area (Å²) < 4.78 is 0. The van der Waals surface area contributed by atoms with Crippen LogP contribution in [0.4, 0.5) is 0 Å². The lowest BCUT2D eigenvalue weighted by molar-refractivity contribution is -0.120. The number of hydrogen-bond donors (Lipinski definition) is 2. The predicted octanol–water partition coefficient (Wildman–Crippen LogP) is 0.879. The van der Waals surface area contributed by atoms with Gasteiger partial charge in [-0.1, -0.05) is 24.3 Å². The van der Waals surface area contributed by atoms with Crippen molar-refractivity contribution in [3.63, 3.8) is 0 Å². The summed E-state index contributed by atoms with van der Waals surface area (Å²) in [5.41, 5.74) is 2.81. The molecule has 1 amide bonds. The molecule has 1 aromatic carbocycles. The first-order valence-electron chi connectivity index (χ1n) is 5.80. The van der Waals surface area contributed by atoms with Crippen molar-refractivity contribution in [2.45, 2.75) is 25.3 Å². The maximum absolute atomic E-state index is 11.4. The molecule has 0 fully saturated rings. The number of aryl methyl sites for hydroxylation is 1. The van der Waals surface area contributed by atoms with Gasteiger partial charge in [-0.05, 0) is 37.4 Å². The number of fused-ring (bicyclic) bond motifs is 1. The predicted molar refractivity (Wildman–Crippen MR) is 64.3 cm³/mol. The highest BCUT2D eigenvalue weighted by molar-refractivity contribution is 5.78. The Bertz CT molecular complexity index is 376. The summed E-state index contributed by atoms with van der Waals surface area (Å²) in [5.74, 6) is 0.0897. The van der Waals surface area contributed by atoms with Crippen LogP contribution in [0.25, 0.3) is 0 Å². The van der Waals surface area contributed by atoms with E-state index in [9.17, 15) is 4.79 Å². The summed E-state index contributed by atoms with van der Waals surface area (Å²) in [6.45, 7) is 0.401. The molecule has 3 heteroatoms. The summed E-state index contributed by atoms with van der Waals surface area (Å²) in [7, 11) is 1.79. The minimum Gasteiger partial charge on any atom is -0.352 e. The number of benzene rings is 1. The summed E-state index contributed by atoms with van der Waals surface area (Å²) >= 11 is 0. The summed E-state index contributed by atoms with van der Waals surface area (Å²) in [4.78, 5) is 11.4. The Morgan fingerprint density at radius 1 is 1.38 bits per heavy atom. The van der Waals surface area contributed by atoms with Gasteiger partial charge in [0.2, 0.25) is 5.91 Å². The molecule has 0 aromatic heterocycles. The normalized spacial score (nSPS) is 18.9. The van der Waals surface area contributed by atoms with E-state index in [4.69, 9.17) is 0 Å². The number of amides is 1. The third kappa shape index (κ3) is 2.61. The number of hydrogen-bond acceptors (Lipinski definition) is 2. The average molecular weight is 218 g/mol. The van der Waals surface area contributed by atoms with Gasteiger partial charge in [-0.2, -0.15) is 0 Å². The number of nitrogens with one attached hydrogen (secondary N) is 2. The van der Waals surface area contributed by atoms with Gasteiger partial charge in [-0.25, -0.2) is 0 Å². The van der Waals surface area contributed by atoms with Gasteiger partial charge < -0.3 is 10.6 Å². The van der Waals surface area contributed by atoms with Crippen LogP contribution in [0.1, 0.15) is 17.5 Å². The van der Waals surface area contributed by atoms with Crippen LogP contribution in [0.2, 0.25) is 0 Å². The maximum atomic E-state index is 11.4. The van der Waals surface area contributed by atoms with Crippen LogP contribution in [0.15, 0.2) is 24.3 Å². The van der Waals surface area contributed by atoms with Crippen molar-refractivity contribution in [2.75, 3.05) is 13.6 Å². The van der Waals surface area contributed by atoms with Crippen molar-refractivity contribution in [3.8, 4) is 0 Å². The van der Waals surface area contributed by atoms with Crippen molar-refractivity contribution < 1.29 is 4.79 Å². The Morgan fingerprint density at radius 3 is 2.88 bits per heavy atom. The van der Waals surface area contributed by atoms with Crippen LogP contribution in [0, 0.1) is 0 Å². The molecule has 3 nitrogen and oxygen atoms in total. The lowest BCUT2D eigenvalue weighted by Crippen LogP contribution is -2.42. The quantitative estimate of drug-likeness (QED) is 0.790. The van der Waals surface area contributed by atoms with Gasteiger partial charge in [0.1, 0.15) is 0 Å². The molecule has 0 aliphatic heterocycles. The lowest BCUT2D eigenvalue weighted by Gasteiger charge is -2.25. The van der Waals surface area contributed by atoms with Crippen LogP contribution < -0.4 is 10.6 Å². The van der Waals surface area contributed by atoms with Crippen molar-refractivity contribution in [2.24, 2.45) is 0 Å². The lowest BCUT2D eigenvalue weighted by atomic mass is 9.88. The Kier molecular flexibility index (Phi) is 3.57. The zero-order chi connectivity index (χ0) is 11.4. The minimum atomic E-state index is 0.0897. The number of likely N-dealkylation sites (N-methyl/N-ethyl adjacent to an activating group) is 1. The monoisotopic (exact) mass is 218 g/mol. The molecule has 1 aliphatic carbocycles. The first-order valence-corrected chi connectivity index (χ1v) is 5.80. The van der Waals surface area contributed by atoms with E-state index in [2.05, 4.69) is 34.9 Å². The fourth-order valence-corrected chi connectivity index (χ4v) is 2.26. The SMILES string of the molecule is CNCC(=O)NC1CCc2ccccc2C1. The number of rotatable bonds is 3. The van der Waals surface area contributed by atoms with E-state index < -0.39 is 0 Å². The third-order valence-electron chi connectivity index (χ3n) is 3.05. The van der Waals surface area contributed by atoms with E-state index in [1.807, 2.05) is 0 Å². The number of carbonyl (C=O) groups is 1. The maximum Gasteiger partial charge on any atom is 0.234 e. The largest absolute Gasteiger partial charge is 0.352 e. The topological polar surface area (TPSA) is 41.1 Å². The third-order valence-corrected chi connectivity index (χ3v) is 3.05. The second-order valence-electron chi connectivity index (χ2n) is 4.31. The summed E-state index contributed by atoms with van der Waals surface area (Å²) in [6.07, 6.45) is 3.08. The summed E-state index contributed by atoms with van der Waals surface area (Å²) in [6, 6.07) is 8.79. The minimum absolute atomic E-state index is 0.0897. The van der Waals surface area contributed by atoms with Crippen LogP contribution in [-0.2, 0) is 17.6 Å². The van der Waals surface area contributed by atoms with Gasteiger partial charge in [-0.15, -0.1) is 0 Å². The highest BCUT2D eigenvalue weighted by Gasteiger charge is 2.19. The fraction of sp³-hybridized carbons (Fsp3) is 0.462. The van der Waals surface area contributed by atoms with E-state index in [1.165, 1.54) is 11.1 Å². The van der Waals surface area contributed by atoms with E-state index in [-0.39, 0.29) is 5.91 Å². The molecule has 1 atom stereocenters. The highest BCUT2D eigenvalue weighted by Crippen LogP contribution is 2.20. The van der Waals surface area contributed by atoms with E-state index in [1.54, 1.807) is 7.05 Å². The molecular weight excluding hydrogens is 200 g/mol. The van der Waals surface area contributed by atoms with Crippen molar-refractivity contribution >= 4 is 5.91 Å². The zero-order valence-corrected chi connectivity index (χ0v) is 9.62. The molecular formula is C13H18N2O. The molecule has 1 aromatic rings. The van der Waals surface area contributed by atoms with E-state index in [0.717, 1.165) is 19.3 Å². The Balaban J connectivity index is 1.95. The van der Waals surface area contributed by atoms with Crippen LogP contribution in [0.5, 0.6) is 0 Å². The Morgan fingerprint density at radius 2 is 2.12 bits per heavy atom. The molecule has 2 N–H and O–H groups in total. The Labute approximate surface area is 96.2 Å². The van der Waals surface area contributed by atoms with Gasteiger partial charge in [0, 0.05) is 6.04 Å². The first kappa shape index (κ1) is 11.1. The first-order chi connectivity index (χ1) is 7.79. The van der Waals surface area contributed by atoms with Gasteiger partial charge in [0.25, 0.3) is 0 Å². The standard InChI is InChI=1S/C13H18N2O/c1-14-9-13(16)15-12-7-6-10-4-2-3-5-11(10)8-12/h2-5,12,14H,6-9H2,1H3,(H,15,16). The van der Waals surface area contributed by atoms with E-state index >= 15 is 0 Å². The van der Waals surface area contributed by atoms with Gasteiger partial charge >= 0.3 is 0 Å². The van der Waals surface area contributed by atoms with E-state index in [0.29, 0.717) is 12.6 Å². The molecule has 0 spiro atoms. The second kappa shape index (κ2) is 5.12. The zero-order valence-electron chi connectivity index (χ0n) is 9.62. The second-order valence-corrected chi connectivity index (χ2v) is 4.31. The Hall–Kier alpha value is -1.35. The smallest absolute Gasteiger partial charge is 0.234 e. The summed E-state index contributed by atoms with van der Waals surface area (Å²) in [5, 5.41) is 5.92. The average Bonchev–Trinajstić information content (AvgIpc) is 2.29. The van der Waals surface area contributed by atoms with Crippen molar-refractivity contribution in [1.29, 1.82) is 0 Å².